The molecule has 112 valence electrons. The third-order valence-electron chi connectivity index (χ3n) is 4.25. The summed E-state index contributed by atoms with van der Waals surface area (Å²) in [6.07, 6.45) is 4.52. The molecule has 0 bridgehead atoms. The lowest BCUT2D eigenvalue weighted by atomic mass is 10.1. The molecule has 0 atom stereocenters. The van der Waals surface area contributed by atoms with E-state index in [9.17, 15) is 0 Å². The fourth-order valence-electron chi connectivity index (χ4n) is 2.93. The van der Waals surface area contributed by atoms with Crippen molar-refractivity contribution in [1.82, 2.24) is 0 Å². The van der Waals surface area contributed by atoms with Crippen molar-refractivity contribution in [3.05, 3.63) is 58.7 Å². The quantitative estimate of drug-likeness (QED) is 0.686. The van der Waals surface area contributed by atoms with E-state index in [4.69, 9.17) is 0 Å². The van der Waals surface area contributed by atoms with Crippen LogP contribution < -0.4 is 10.6 Å². The van der Waals surface area contributed by atoms with Crippen LogP contribution >= 0.6 is 8.58 Å². The predicted molar refractivity (Wildman–Crippen MR) is 98.0 cm³/mol. The smallest absolute Gasteiger partial charge is 0.0162 e. The Hall–Kier alpha value is -1.13. The molecule has 0 fully saturated rings. The standard InChI is InChI=1S/C20H27P/c1-5-15-11-9-12-16(6-2)19(15)21-20-17(7-3)13-10-14-18(20)8-4/h9-14,21H,5-8H2,1-4H3. The van der Waals surface area contributed by atoms with Gasteiger partial charge in [-0.2, -0.15) is 0 Å². The number of aryl methyl sites for hydroxylation is 4. The van der Waals surface area contributed by atoms with Crippen LogP contribution in [0.15, 0.2) is 36.4 Å². The fourth-order valence-corrected chi connectivity index (χ4v) is 4.86. The molecule has 0 aliphatic rings. The van der Waals surface area contributed by atoms with Crippen LogP contribution in [0.3, 0.4) is 0 Å². The van der Waals surface area contributed by atoms with E-state index >= 15 is 0 Å². The first-order valence-corrected chi connectivity index (χ1v) is 9.23. The first-order valence-electron chi connectivity index (χ1n) is 8.23. The van der Waals surface area contributed by atoms with E-state index in [1.54, 1.807) is 10.6 Å². The van der Waals surface area contributed by atoms with Gasteiger partial charge >= 0.3 is 0 Å². The average Bonchev–Trinajstić information content (AvgIpc) is 2.55. The van der Waals surface area contributed by atoms with Gasteiger partial charge in [-0.3, -0.25) is 0 Å². The number of hydrogen-bond acceptors (Lipinski definition) is 0. The number of hydrogen-bond donors (Lipinski definition) is 0. The maximum absolute atomic E-state index is 2.31. The molecule has 0 saturated carbocycles. The van der Waals surface area contributed by atoms with Crippen LogP contribution in [0.25, 0.3) is 0 Å². The summed E-state index contributed by atoms with van der Waals surface area (Å²) in [7, 11) is 0.799. The zero-order valence-electron chi connectivity index (χ0n) is 13.8. The van der Waals surface area contributed by atoms with Gasteiger partial charge < -0.3 is 0 Å². The molecule has 21 heavy (non-hydrogen) atoms. The molecule has 0 heterocycles. The van der Waals surface area contributed by atoms with Gasteiger partial charge in [0.2, 0.25) is 0 Å². The Labute approximate surface area is 131 Å². The summed E-state index contributed by atoms with van der Waals surface area (Å²) < 4.78 is 0. The van der Waals surface area contributed by atoms with E-state index in [1.165, 1.54) is 22.3 Å². The normalized spacial score (nSPS) is 10.9. The zero-order valence-corrected chi connectivity index (χ0v) is 14.8. The van der Waals surface area contributed by atoms with Gasteiger partial charge in [-0.15, -0.1) is 0 Å². The maximum Gasteiger partial charge on any atom is -0.0162 e. The topological polar surface area (TPSA) is 0 Å². The summed E-state index contributed by atoms with van der Waals surface area (Å²) in [5.74, 6) is 0. The first-order chi connectivity index (χ1) is 10.2. The number of benzene rings is 2. The Morgan fingerprint density at radius 2 is 0.857 bits per heavy atom. The summed E-state index contributed by atoms with van der Waals surface area (Å²) in [5.41, 5.74) is 6.11. The summed E-state index contributed by atoms with van der Waals surface area (Å²) in [5, 5.41) is 3.19. The molecule has 0 N–H and O–H groups in total. The van der Waals surface area contributed by atoms with Gasteiger partial charge in [0, 0.05) is 0 Å². The highest BCUT2D eigenvalue weighted by atomic mass is 31.1. The Bertz CT molecular complexity index is 501. The van der Waals surface area contributed by atoms with Gasteiger partial charge in [0.25, 0.3) is 0 Å². The van der Waals surface area contributed by atoms with Crippen molar-refractivity contribution in [2.24, 2.45) is 0 Å². The zero-order chi connectivity index (χ0) is 15.2. The Balaban J connectivity index is 2.52. The molecular formula is C20H27P. The van der Waals surface area contributed by atoms with Crippen molar-refractivity contribution in [3.8, 4) is 0 Å². The van der Waals surface area contributed by atoms with Crippen molar-refractivity contribution in [2.75, 3.05) is 0 Å². The molecule has 0 amide bonds. The lowest BCUT2D eigenvalue weighted by Crippen LogP contribution is -2.18. The van der Waals surface area contributed by atoms with Gasteiger partial charge in [0.05, 0.1) is 0 Å². The second kappa shape index (κ2) is 7.76. The highest BCUT2D eigenvalue weighted by molar-refractivity contribution is 7.56. The maximum atomic E-state index is 2.31. The van der Waals surface area contributed by atoms with Crippen LogP contribution in [0.2, 0.25) is 0 Å². The second-order valence-corrected chi connectivity index (χ2v) is 6.69. The van der Waals surface area contributed by atoms with Gasteiger partial charge in [0.15, 0.2) is 0 Å². The lowest BCUT2D eigenvalue weighted by molar-refractivity contribution is 1.10. The van der Waals surface area contributed by atoms with Crippen LogP contribution in [0.4, 0.5) is 0 Å². The molecule has 1 heteroatoms. The largest absolute Gasteiger partial charge is 0.0617 e. The fraction of sp³-hybridized carbons (Fsp3) is 0.400. The molecular weight excluding hydrogens is 271 g/mol. The van der Waals surface area contributed by atoms with Crippen LogP contribution in [0.1, 0.15) is 49.9 Å². The molecule has 0 aromatic heterocycles. The Kier molecular flexibility index (Phi) is 6.00. The van der Waals surface area contributed by atoms with E-state index in [2.05, 4.69) is 64.1 Å². The first kappa shape index (κ1) is 16.2. The van der Waals surface area contributed by atoms with Crippen LogP contribution in [0, 0.1) is 0 Å². The molecule has 0 unspecified atom stereocenters. The SMILES string of the molecule is CCc1cccc(CC)c1Pc1c(CC)cccc1CC. The molecule has 0 nitrogen and oxygen atoms in total. The summed E-state index contributed by atoms with van der Waals surface area (Å²) >= 11 is 0. The number of rotatable bonds is 6. The molecule has 0 aliphatic carbocycles. The minimum Gasteiger partial charge on any atom is -0.0617 e. The molecule has 0 radical (unpaired) electrons. The summed E-state index contributed by atoms with van der Waals surface area (Å²) in [4.78, 5) is 0. The molecule has 2 aromatic carbocycles. The van der Waals surface area contributed by atoms with Gasteiger partial charge in [-0.25, -0.2) is 0 Å². The summed E-state index contributed by atoms with van der Waals surface area (Å²) in [6.45, 7) is 9.09. The van der Waals surface area contributed by atoms with Crippen molar-refractivity contribution >= 4 is 19.2 Å². The van der Waals surface area contributed by atoms with Gasteiger partial charge in [-0.1, -0.05) is 72.7 Å². The van der Waals surface area contributed by atoms with E-state index in [0.29, 0.717) is 0 Å². The highest BCUT2D eigenvalue weighted by Gasteiger charge is 2.12. The predicted octanol–water partition coefficient (Wildman–Crippen LogP) is 4.57. The van der Waals surface area contributed by atoms with Crippen molar-refractivity contribution < 1.29 is 0 Å². The van der Waals surface area contributed by atoms with Crippen LogP contribution in [-0.4, -0.2) is 0 Å². The highest BCUT2D eigenvalue weighted by Crippen LogP contribution is 2.23. The molecule has 0 saturated heterocycles. The average molecular weight is 298 g/mol. The van der Waals surface area contributed by atoms with E-state index in [-0.39, 0.29) is 0 Å². The minimum atomic E-state index is 0.799. The lowest BCUT2D eigenvalue weighted by Gasteiger charge is -2.18. The Morgan fingerprint density at radius 3 is 1.10 bits per heavy atom. The van der Waals surface area contributed by atoms with E-state index in [0.717, 1.165) is 34.3 Å². The van der Waals surface area contributed by atoms with Crippen molar-refractivity contribution in [1.29, 1.82) is 0 Å². The third kappa shape index (κ3) is 3.55. The van der Waals surface area contributed by atoms with Crippen LogP contribution in [0.5, 0.6) is 0 Å². The van der Waals surface area contributed by atoms with Gasteiger partial charge in [-0.05, 0) is 58.5 Å². The summed E-state index contributed by atoms with van der Waals surface area (Å²) in [6, 6.07) is 13.7. The monoisotopic (exact) mass is 298 g/mol. The van der Waals surface area contributed by atoms with Gasteiger partial charge in [0.1, 0.15) is 0 Å². The van der Waals surface area contributed by atoms with Crippen molar-refractivity contribution in [3.63, 3.8) is 0 Å². The molecule has 0 aliphatic heterocycles. The Morgan fingerprint density at radius 1 is 0.571 bits per heavy atom. The molecule has 2 rings (SSSR count). The molecule has 2 aromatic rings. The second-order valence-electron chi connectivity index (χ2n) is 5.44. The molecule has 0 spiro atoms. The van der Waals surface area contributed by atoms with Crippen molar-refractivity contribution in [2.45, 2.75) is 53.4 Å². The van der Waals surface area contributed by atoms with Crippen LogP contribution in [-0.2, 0) is 25.7 Å². The van der Waals surface area contributed by atoms with E-state index < -0.39 is 0 Å². The minimum absolute atomic E-state index is 0.799. The third-order valence-corrected chi connectivity index (χ3v) is 6.03. The van der Waals surface area contributed by atoms with E-state index in [1.807, 2.05) is 0 Å².